The van der Waals surface area contributed by atoms with Crippen molar-refractivity contribution in [1.29, 1.82) is 0 Å². The fraction of sp³-hybridized carbons (Fsp3) is 0.333. The third-order valence-corrected chi connectivity index (χ3v) is 3.19. The number of nitrogens with zero attached hydrogens (tertiary/aromatic N) is 3. The molecule has 0 radical (unpaired) electrons. The standard InChI is InChI=1S/C11H14N4OS.CH2O/c1-9-14-7-10(17-9)11(16)13-3-2-5-15-6-4-12-8-15;1-2/h4,6-8H,2-3,5H2,1H3,(H,13,16);1H2. The van der Waals surface area contributed by atoms with Gasteiger partial charge in [0.15, 0.2) is 0 Å². The third-order valence-electron chi connectivity index (χ3n) is 2.28. The minimum absolute atomic E-state index is 0.0405. The second-order valence-corrected chi connectivity index (χ2v) is 4.89. The average molecular weight is 280 g/mol. The lowest BCUT2D eigenvalue weighted by molar-refractivity contribution is -0.0979. The van der Waals surface area contributed by atoms with Gasteiger partial charge in [0.2, 0.25) is 0 Å². The molecule has 0 bridgehead atoms. The fourth-order valence-electron chi connectivity index (χ4n) is 1.44. The first-order chi connectivity index (χ1) is 9.25. The van der Waals surface area contributed by atoms with Gasteiger partial charge < -0.3 is 14.7 Å². The van der Waals surface area contributed by atoms with Crippen LogP contribution in [-0.2, 0) is 11.3 Å². The van der Waals surface area contributed by atoms with Crippen molar-refractivity contribution in [2.45, 2.75) is 19.9 Å². The predicted octanol–water partition coefficient (Wildman–Crippen LogP) is 1.28. The number of aromatic nitrogens is 3. The zero-order valence-electron chi connectivity index (χ0n) is 10.7. The van der Waals surface area contributed by atoms with Gasteiger partial charge in [-0.15, -0.1) is 11.3 Å². The fourth-order valence-corrected chi connectivity index (χ4v) is 2.13. The Hall–Kier alpha value is -2.02. The first-order valence-electron chi connectivity index (χ1n) is 5.71. The lowest BCUT2D eigenvalue weighted by Gasteiger charge is -2.03. The predicted molar refractivity (Wildman–Crippen MR) is 73.1 cm³/mol. The van der Waals surface area contributed by atoms with E-state index in [1.807, 2.05) is 24.5 Å². The maximum atomic E-state index is 11.7. The molecule has 0 fully saturated rings. The molecule has 2 aromatic heterocycles. The summed E-state index contributed by atoms with van der Waals surface area (Å²) in [4.78, 5) is 28.3. The molecule has 0 aliphatic heterocycles. The van der Waals surface area contributed by atoms with Crippen LogP contribution in [0.4, 0.5) is 0 Å². The van der Waals surface area contributed by atoms with E-state index in [9.17, 15) is 4.79 Å². The quantitative estimate of drug-likeness (QED) is 0.837. The van der Waals surface area contributed by atoms with E-state index in [0.717, 1.165) is 18.0 Å². The lowest BCUT2D eigenvalue weighted by Crippen LogP contribution is -2.24. The zero-order chi connectivity index (χ0) is 14.1. The number of thiazole rings is 1. The largest absolute Gasteiger partial charge is 0.351 e. The Labute approximate surface area is 115 Å². The topological polar surface area (TPSA) is 76.9 Å². The number of nitrogens with one attached hydrogen (secondary N) is 1. The molecule has 0 aliphatic rings. The van der Waals surface area contributed by atoms with Crippen molar-refractivity contribution in [1.82, 2.24) is 19.9 Å². The monoisotopic (exact) mass is 280 g/mol. The maximum absolute atomic E-state index is 11.7. The van der Waals surface area contributed by atoms with Crippen molar-refractivity contribution >= 4 is 24.0 Å². The Morgan fingerprint density at radius 1 is 1.53 bits per heavy atom. The van der Waals surface area contributed by atoms with Gasteiger partial charge >= 0.3 is 0 Å². The molecule has 0 saturated carbocycles. The van der Waals surface area contributed by atoms with Crippen molar-refractivity contribution in [3.63, 3.8) is 0 Å². The maximum Gasteiger partial charge on any atom is 0.263 e. The molecule has 102 valence electrons. The first kappa shape index (κ1) is 15.0. The van der Waals surface area contributed by atoms with Crippen LogP contribution in [0.5, 0.6) is 0 Å². The Morgan fingerprint density at radius 3 is 2.89 bits per heavy atom. The summed E-state index contributed by atoms with van der Waals surface area (Å²) in [5.41, 5.74) is 0. The van der Waals surface area contributed by atoms with Gasteiger partial charge in [0, 0.05) is 25.5 Å². The number of rotatable bonds is 5. The first-order valence-corrected chi connectivity index (χ1v) is 6.52. The second kappa shape index (κ2) is 8.15. The van der Waals surface area contributed by atoms with E-state index in [2.05, 4.69) is 15.3 Å². The molecule has 2 heterocycles. The van der Waals surface area contributed by atoms with E-state index in [0.29, 0.717) is 11.4 Å². The molecule has 19 heavy (non-hydrogen) atoms. The van der Waals surface area contributed by atoms with E-state index in [1.165, 1.54) is 11.3 Å². The minimum Gasteiger partial charge on any atom is -0.351 e. The van der Waals surface area contributed by atoms with Gasteiger partial charge in [-0.3, -0.25) is 4.79 Å². The molecule has 1 N–H and O–H groups in total. The molecule has 0 saturated heterocycles. The minimum atomic E-state index is -0.0405. The van der Waals surface area contributed by atoms with Gasteiger partial charge in [0.05, 0.1) is 17.5 Å². The van der Waals surface area contributed by atoms with Crippen LogP contribution in [0, 0.1) is 6.92 Å². The van der Waals surface area contributed by atoms with Gasteiger partial charge in [0.25, 0.3) is 5.91 Å². The third kappa shape index (κ3) is 5.01. The van der Waals surface area contributed by atoms with Crippen LogP contribution in [-0.4, -0.2) is 33.8 Å². The smallest absolute Gasteiger partial charge is 0.263 e. The van der Waals surface area contributed by atoms with Crippen LogP contribution in [0.25, 0.3) is 0 Å². The number of carbonyl (C=O) groups is 2. The van der Waals surface area contributed by atoms with Crippen LogP contribution < -0.4 is 5.32 Å². The van der Waals surface area contributed by atoms with E-state index in [4.69, 9.17) is 4.79 Å². The van der Waals surface area contributed by atoms with Crippen molar-refractivity contribution in [2.75, 3.05) is 6.54 Å². The van der Waals surface area contributed by atoms with Crippen LogP contribution in [0.2, 0.25) is 0 Å². The summed E-state index contributed by atoms with van der Waals surface area (Å²) in [5, 5.41) is 3.78. The van der Waals surface area contributed by atoms with E-state index >= 15 is 0 Å². The Morgan fingerprint density at radius 2 is 2.32 bits per heavy atom. The van der Waals surface area contributed by atoms with Crippen LogP contribution >= 0.6 is 11.3 Å². The number of imidazole rings is 1. The molecule has 0 aliphatic carbocycles. The SMILES string of the molecule is C=O.Cc1ncc(C(=O)NCCCn2ccnc2)s1. The van der Waals surface area contributed by atoms with E-state index in [-0.39, 0.29) is 5.91 Å². The Balaban J connectivity index is 0.000000861. The van der Waals surface area contributed by atoms with Gasteiger partial charge in [-0.2, -0.15) is 0 Å². The average Bonchev–Trinajstić information content (AvgIpc) is 3.08. The molecule has 2 aromatic rings. The summed E-state index contributed by atoms with van der Waals surface area (Å²) in [6.07, 6.45) is 7.94. The molecule has 0 unspecified atom stereocenters. The number of aryl methyl sites for hydroxylation is 2. The molecule has 0 aromatic carbocycles. The van der Waals surface area contributed by atoms with Crippen molar-refractivity contribution in [2.24, 2.45) is 0 Å². The van der Waals surface area contributed by atoms with Crippen molar-refractivity contribution in [3.05, 3.63) is 34.8 Å². The molecule has 0 atom stereocenters. The molecule has 2 rings (SSSR count). The van der Waals surface area contributed by atoms with Gasteiger partial charge in [0.1, 0.15) is 11.7 Å². The lowest BCUT2D eigenvalue weighted by atomic mass is 10.4. The number of amides is 1. The zero-order valence-corrected chi connectivity index (χ0v) is 11.5. The summed E-state index contributed by atoms with van der Waals surface area (Å²) in [7, 11) is 0. The summed E-state index contributed by atoms with van der Waals surface area (Å²) in [5.74, 6) is -0.0405. The Bertz CT molecular complexity index is 496. The molecule has 6 nitrogen and oxygen atoms in total. The molecular formula is C12H16N4O2S. The summed E-state index contributed by atoms with van der Waals surface area (Å²) < 4.78 is 1.99. The van der Waals surface area contributed by atoms with Gasteiger partial charge in [-0.05, 0) is 13.3 Å². The highest BCUT2D eigenvalue weighted by atomic mass is 32.1. The highest BCUT2D eigenvalue weighted by molar-refractivity contribution is 7.13. The van der Waals surface area contributed by atoms with Crippen molar-refractivity contribution < 1.29 is 9.59 Å². The van der Waals surface area contributed by atoms with Gasteiger partial charge in [-0.25, -0.2) is 9.97 Å². The number of hydrogen-bond acceptors (Lipinski definition) is 5. The van der Waals surface area contributed by atoms with Crippen LogP contribution in [0.3, 0.4) is 0 Å². The summed E-state index contributed by atoms with van der Waals surface area (Å²) in [6, 6.07) is 0. The molecular weight excluding hydrogens is 264 g/mol. The highest BCUT2D eigenvalue weighted by Gasteiger charge is 2.07. The molecule has 7 heteroatoms. The number of carbonyl (C=O) groups excluding carboxylic acids is 2. The number of hydrogen-bond donors (Lipinski definition) is 1. The van der Waals surface area contributed by atoms with Gasteiger partial charge in [-0.1, -0.05) is 0 Å². The van der Waals surface area contributed by atoms with E-state index < -0.39 is 0 Å². The second-order valence-electron chi connectivity index (χ2n) is 3.65. The molecule has 1 amide bonds. The van der Waals surface area contributed by atoms with Crippen LogP contribution in [0.1, 0.15) is 21.1 Å². The normalized spacial score (nSPS) is 9.53. The van der Waals surface area contributed by atoms with Crippen LogP contribution in [0.15, 0.2) is 24.9 Å². The summed E-state index contributed by atoms with van der Waals surface area (Å²) >= 11 is 1.41. The molecule has 0 spiro atoms. The Kier molecular flexibility index (Phi) is 6.45. The highest BCUT2D eigenvalue weighted by Crippen LogP contribution is 2.10. The summed E-state index contributed by atoms with van der Waals surface area (Å²) in [6.45, 7) is 5.41. The van der Waals surface area contributed by atoms with Crippen molar-refractivity contribution in [3.8, 4) is 0 Å². The van der Waals surface area contributed by atoms with E-state index in [1.54, 1.807) is 18.7 Å².